The van der Waals surface area contributed by atoms with Gasteiger partial charge in [-0.3, -0.25) is 4.79 Å². The van der Waals surface area contributed by atoms with E-state index in [0.29, 0.717) is 23.8 Å². The molecular formula is C23H29N5O3. The molecule has 3 aromatic rings. The summed E-state index contributed by atoms with van der Waals surface area (Å²) >= 11 is 0. The van der Waals surface area contributed by atoms with Gasteiger partial charge in [0.2, 0.25) is 0 Å². The number of rotatable bonds is 6. The van der Waals surface area contributed by atoms with Crippen molar-refractivity contribution in [2.45, 2.75) is 64.1 Å². The number of aryl methyl sites for hydroxylation is 1. The number of nitrogens with two attached hydrogens (primary N) is 1. The van der Waals surface area contributed by atoms with Gasteiger partial charge in [-0.05, 0) is 52.5 Å². The third-order valence-corrected chi connectivity index (χ3v) is 5.77. The Kier molecular flexibility index (Phi) is 5.77. The molecule has 2 aromatic heterocycles. The van der Waals surface area contributed by atoms with Gasteiger partial charge in [-0.15, -0.1) is 0 Å². The highest BCUT2D eigenvalue weighted by Gasteiger charge is 2.29. The molecule has 0 spiro atoms. The molecule has 0 radical (unpaired) electrons. The van der Waals surface area contributed by atoms with Gasteiger partial charge in [0.25, 0.3) is 11.9 Å². The molecule has 0 saturated heterocycles. The lowest BCUT2D eigenvalue weighted by atomic mass is 9.83. The molecule has 31 heavy (non-hydrogen) atoms. The smallest absolute Gasteiger partial charge is 0.252 e. The van der Waals surface area contributed by atoms with Gasteiger partial charge in [0.15, 0.2) is 0 Å². The summed E-state index contributed by atoms with van der Waals surface area (Å²) in [5.74, 6) is 0.00215. The van der Waals surface area contributed by atoms with E-state index in [1.807, 2.05) is 31.2 Å². The van der Waals surface area contributed by atoms with Crippen LogP contribution in [-0.4, -0.2) is 49.1 Å². The molecule has 1 amide bonds. The number of aromatic nitrogens is 4. The normalized spacial score (nSPS) is 19.6. The van der Waals surface area contributed by atoms with Crippen LogP contribution in [0.25, 0.3) is 16.9 Å². The van der Waals surface area contributed by atoms with Gasteiger partial charge in [-0.2, -0.15) is 9.78 Å². The first-order valence-electron chi connectivity index (χ1n) is 10.7. The quantitative estimate of drug-likeness (QED) is 0.629. The van der Waals surface area contributed by atoms with Crippen LogP contribution in [0.3, 0.4) is 0 Å². The van der Waals surface area contributed by atoms with Crippen LogP contribution in [0.5, 0.6) is 0 Å². The SMILES string of the molecule is Cc1nn(-c2ncc(C(N)=O)c([C@H]3CC[C@H](OCC(C)(C)O)CC3)n2)c2ccccc12. The van der Waals surface area contributed by atoms with E-state index in [1.165, 1.54) is 6.20 Å². The number of amides is 1. The van der Waals surface area contributed by atoms with Crippen LogP contribution in [0.2, 0.25) is 0 Å². The van der Waals surface area contributed by atoms with E-state index in [2.05, 4.69) is 10.1 Å². The summed E-state index contributed by atoms with van der Waals surface area (Å²) in [7, 11) is 0. The summed E-state index contributed by atoms with van der Waals surface area (Å²) in [5, 5.41) is 15.5. The van der Waals surface area contributed by atoms with Crippen molar-refractivity contribution in [2.24, 2.45) is 5.73 Å². The Hall–Kier alpha value is -2.84. The van der Waals surface area contributed by atoms with Crippen molar-refractivity contribution in [3.05, 3.63) is 47.4 Å². The molecule has 1 aromatic carbocycles. The second-order valence-electron chi connectivity index (χ2n) is 8.94. The number of primary amides is 1. The van der Waals surface area contributed by atoms with Crippen molar-refractivity contribution in [3.8, 4) is 5.95 Å². The van der Waals surface area contributed by atoms with E-state index in [-0.39, 0.29) is 12.0 Å². The van der Waals surface area contributed by atoms with Gasteiger partial charge in [0.1, 0.15) is 0 Å². The van der Waals surface area contributed by atoms with Crippen LogP contribution in [0, 0.1) is 6.92 Å². The number of carbonyl (C=O) groups is 1. The molecule has 0 bridgehead atoms. The fourth-order valence-electron chi connectivity index (χ4n) is 4.19. The van der Waals surface area contributed by atoms with Crippen molar-refractivity contribution in [3.63, 3.8) is 0 Å². The van der Waals surface area contributed by atoms with E-state index in [9.17, 15) is 9.90 Å². The molecule has 1 aliphatic rings. The molecule has 0 unspecified atom stereocenters. The summed E-state index contributed by atoms with van der Waals surface area (Å²) in [6, 6.07) is 7.92. The van der Waals surface area contributed by atoms with Crippen LogP contribution in [0.15, 0.2) is 30.5 Å². The van der Waals surface area contributed by atoms with E-state index < -0.39 is 11.5 Å². The lowest BCUT2D eigenvalue weighted by Gasteiger charge is -2.30. The topological polar surface area (TPSA) is 116 Å². The van der Waals surface area contributed by atoms with Crippen molar-refractivity contribution in [2.75, 3.05) is 6.61 Å². The lowest BCUT2D eigenvalue weighted by molar-refractivity contribution is -0.0637. The predicted octanol–water partition coefficient (Wildman–Crippen LogP) is 3.04. The molecular weight excluding hydrogens is 394 g/mol. The minimum absolute atomic E-state index is 0.0918. The minimum atomic E-state index is -0.845. The summed E-state index contributed by atoms with van der Waals surface area (Å²) in [4.78, 5) is 21.2. The van der Waals surface area contributed by atoms with Gasteiger partial charge >= 0.3 is 0 Å². The third kappa shape index (κ3) is 4.60. The Labute approximate surface area is 181 Å². The Morgan fingerprint density at radius 1 is 1.26 bits per heavy atom. The number of hydrogen-bond donors (Lipinski definition) is 2. The lowest BCUT2D eigenvalue weighted by Crippen LogP contribution is -2.31. The van der Waals surface area contributed by atoms with Gasteiger partial charge in [0, 0.05) is 17.5 Å². The highest BCUT2D eigenvalue weighted by molar-refractivity contribution is 5.93. The molecule has 1 fully saturated rings. The van der Waals surface area contributed by atoms with E-state index in [0.717, 1.165) is 42.3 Å². The number of para-hydroxylation sites is 1. The van der Waals surface area contributed by atoms with Gasteiger partial charge < -0.3 is 15.6 Å². The average molecular weight is 424 g/mol. The molecule has 8 nitrogen and oxygen atoms in total. The highest BCUT2D eigenvalue weighted by atomic mass is 16.5. The first kappa shape index (κ1) is 21.4. The Morgan fingerprint density at radius 2 is 1.97 bits per heavy atom. The Bertz CT molecular complexity index is 1090. The summed E-state index contributed by atoms with van der Waals surface area (Å²) in [5.41, 5.74) is 7.64. The zero-order valence-electron chi connectivity index (χ0n) is 18.2. The monoisotopic (exact) mass is 423 g/mol. The molecule has 0 aliphatic heterocycles. The highest BCUT2D eigenvalue weighted by Crippen LogP contribution is 2.35. The standard InChI is InChI=1S/C23H29N5O3/c1-14-17-6-4-5-7-19(17)28(27-14)22-25-12-18(21(24)29)20(26-22)15-8-10-16(11-9-15)31-13-23(2,3)30/h4-7,12,15-16,30H,8-11,13H2,1-3H3,(H2,24,29)/t15-,16-. The number of nitrogens with zero attached hydrogens (tertiary/aromatic N) is 4. The maximum atomic E-state index is 12.1. The van der Waals surface area contributed by atoms with E-state index >= 15 is 0 Å². The van der Waals surface area contributed by atoms with Crippen LogP contribution >= 0.6 is 0 Å². The van der Waals surface area contributed by atoms with Crippen molar-refractivity contribution in [1.29, 1.82) is 0 Å². The van der Waals surface area contributed by atoms with Gasteiger partial charge in [0.05, 0.1) is 40.8 Å². The number of carbonyl (C=O) groups excluding carboxylic acids is 1. The zero-order chi connectivity index (χ0) is 22.2. The Balaban J connectivity index is 1.61. The number of fused-ring (bicyclic) bond motifs is 1. The maximum Gasteiger partial charge on any atom is 0.252 e. The summed E-state index contributed by atoms with van der Waals surface area (Å²) in [6.07, 6.45) is 4.93. The van der Waals surface area contributed by atoms with Crippen LogP contribution < -0.4 is 5.73 Å². The fourth-order valence-corrected chi connectivity index (χ4v) is 4.19. The molecule has 0 atom stereocenters. The number of hydrogen-bond acceptors (Lipinski definition) is 6. The van der Waals surface area contributed by atoms with Crippen LogP contribution in [-0.2, 0) is 4.74 Å². The molecule has 3 N–H and O–H groups in total. The molecule has 1 aliphatic carbocycles. The minimum Gasteiger partial charge on any atom is -0.388 e. The van der Waals surface area contributed by atoms with Crippen molar-refractivity contribution in [1.82, 2.24) is 19.7 Å². The van der Waals surface area contributed by atoms with Gasteiger partial charge in [-0.25, -0.2) is 9.97 Å². The zero-order valence-corrected chi connectivity index (χ0v) is 18.2. The maximum absolute atomic E-state index is 12.1. The number of ether oxygens (including phenoxy) is 1. The molecule has 2 heterocycles. The summed E-state index contributed by atoms with van der Waals surface area (Å²) in [6.45, 7) is 5.73. The first-order valence-corrected chi connectivity index (χ1v) is 10.7. The molecule has 4 rings (SSSR count). The largest absolute Gasteiger partial charge is 0.388 e. The fraction of sp³-hybridized carbons (Fsp3) is 0.478. The Morgan fingerprint density at radius 3 is 2.65 bits per heavy atom. The molecule has 164 valence electrons. The van der Waals surface area contributed by atoms with E-state index in [1.54, 1.807) is 18.5 Å². The van der Waals surface area contributed by atoms with Crippen molar-refractivity contribution >= 4 is 16.8 Å². The number of benzene rings is 1. The second kappa shape index (κ2) is 8.36. The molecule has 1 saturated carbocycles. The second-order valence-corrected chi connectivity index (χ2v) is 8.94. The van der Waals surface area contributed by atoms with Gasteiger partial charge in [-0.1, -0.05) is 18.2 Å². The predicted molar refractivity (Wildman–Crippen MR) is 117 cm³/mol. The van der Waals surface area contributed by atoms with Crippen LogP contribution in [0.1, 0.15) is 67.2 Å². The summed E-state index contributed by atoms with van der Waals surface area (Å²) < 4.78 is 7.58. The third-order valence-electron chi connectivity index (χ3n) is 5.77. The first-order chi connectivity index (χ1) is 14.7. The van der Waals surface area contributed by atoms with Crippen LogP contribution in [0.4, 0.5) is 0 Å². The number of aliphatic hydroxyl groups is 1. The van der Waals surface area contributed by atoms with Crippen molar-refractivity contribution < 1.29 is 14.6 Å². The molecule has 8 heteroatoms. The van der Waals surface area contributed by atoms with E-state index in [4.69, 9.17) is 15.5 Å². The average Bonchev–Trinajstić information content (AvgIpc) is 3.08.